The van der Waals surface area contributed by atoms with Gasteiger partial charge in [0.25, 0.3) is 5.91 Å². The molecule has 1 N–H and O–H groups in total. The summed E-state index contributed by atoms with van der Waals surface area (Å²) < 4.78 is 38.1. The number of aryl methyl sites for hydroxylation is 2. The number of carbonyl (C=O) groups excluding carboxylic acids is 1. The molecule has 4 rings (SSSR count). The first-order chi connectivity index (χ1) is 13.8. The van der Waals surface area contributed by atoms with Gasteiger partial charge in [0.1, 0.15) is 5.52 Å². The first-order valence-corrected chi connectivity index (χ1v) is 10.7. The van der Waals surface area contributed by atoms with E-state index in [1.54, 1.807) is 44.2 Å². The van der Waals surface area contributed by atoms with Crippen LogP contribution < -0.4 is 5.32 Å². The van der Waals surface area contributed by atoms with Crippen molar-refractivity contribution in [3.63, 3.8) is 0 Å². The molecule has 0 atom stereocenters. The molecule has 3 aromatic rings. The molecule has 0 spiro atoms. The first kappa shape index (κ1) is 19.6. The first-order valence-electron chi connectivity index (χ1n) is 9.22. The molecule has 2 aromatic carbocycles. The number of amides is 1. The Balaban J connectivity index is 1.61. The molecule has 152 valence electrons. The Kier molecular flexibility index (Phi) is 5.12. The van der Waals surface area contributed by atoms with Gasteiger partial charge in [-0.3, -0.25) is 4.79 Å². The number of hydrogen-bond donors (Lipinski definition) is 1. The van der Waals surface area contributed by atoms with Crippen LogP contribution in [0.1, 0.15) is 21.8 Å². The minimum absolute atomic E-state index is 0.134. The Morgan fingerprint density at radius 3 is 2.62 bits per heavy atom. The summed E-state index contributed by atoms with van der Waals surface area (Å²) in [5.41, 5.74) is 2.68. The van der Waals surface area contributed by atoms with Gasteiger partial charge in [0, 0.05) is 31.3 Å². The average Bonchev–Trinajstić information content (AvgIpc) is 3.08. The van der Waals surface area contributed by atoms with Crippen LogP contribution in [0.15, 0.2) is 45.7 Å². The van der Waals surface area contributed by atoms with Gasteiger partial charge in [0.2, 0.25) is 10.0 Å². The van der Waals surface area contributed by atoms with Crippen LogP contribution in [0.2, 0.25) is 0 Å². The molecule has 29 heavy (non-hydrogen) atoms. The lowest BCUT2D eigenvalue weighted by atomic mass is 10.1. The third-order valence-electron chi connectivity index (χ3n) is 4.79. The summed E-state index contributed by atoms with van der Waals surface area (Å²) in [7, 11) is -3.70. The lowest BCUT2D eigenvalue weighted by Crippen LogP contribution is -2.40. The monoisotopic (exact) mass is 415 g/mol. The second-order valence-electron chi connectivity index (χ2n) is 6.87. The zero-order chi connectivity index (χ0) is 20.6. The number of benzene rings is 2. The molecule has 1 saturated heterocycles. The van der Waals surface area contributed by atoms with Crippen molar-refractivity contribution in [2.45, 2.75) is 18.7 Å². The number of nitrogens with zero attached hydrogens (tertiary/aromatic N) is 2. The standard InChI is InChI=1S/C20H21N3O5S/c1-13-3-4-15(11-19(13)29(25,26)23-7-9-27-10-8-23)20(24)22-16-5-6-18-17(12-16)21-14(2)28-18/h3-6,11-12H,7-10H2,1-2H3,(H,22,24). The molecule has 0 unspecified atom stereocenters. The number of morpholine rings is 1. The molecule has 1 amide bonds. The minimum atomic E-state index is -3.70. The van der Waals surface area contributed by atoms with E-state index in [1.165, 1.54) is 10.4 Å². The van der Waals surface area contributed by atoms with Crippen molar-refractivity contribution in [1.82, 2.24) is 9.29 Å². The Labute approximate surface area is 168 Å². The molecule has 1 aliphatic rings. The maximum Gasteiger partial charge on any atom is 0.255 e. The molecule has 2 heterocycles. The molecule has 0 aliphatic carbocycles. The van der Waals surface area contributed by atoms with E-state index in [0.29, 0.717) is 54.5 Å². The molecular formula is C20H21N3O5S. The second-order valence-corrected chi connectivity index (χ2v) is 8.77. The van der Waals surface area contributed by atoms with Crippen molar-refractivity contribution in [3.8, 4) is 0 Å². The Morgan fingerprint density at radius 1 is 1.10 bits per heavy atom. The smallest absolute Gasteiger partial charge is 0.255 e. The molecule has 0 bridgehead atoms. The summed E-state index contributed by atoms with van der Waals surface area (Å²) in [4.78, 5) is 17.1. The molecule has 0 saturated carbocycles. The van der Waals surface area contributed by atoms with E-state index in [1.807, 2.05) is 0 Å². The zero-order valence-corrected chi connectivity index (χ0v) is 17.0. The summed E-state index contributed by atoms with van der Waals surface area (Å²) in [5.74, 6) is 0.142. The van der Waals surface area contributed by atoms with Crippen molar-refractivity contribution in [2.24, 2.45) is 0 Å². The highest BCUT2D eigenvalue weighted by molar-refractivity contribution is 7.89. The van der Waals surface area contributed by atoms with E-state index in [9.17, 15) is 13.2 Å². The lowest BCUT2D eigenvalue weighted by molar-refractivity contribution is 0.0730. The fraction of sp³-hybridized carbons (Fsp3) is 0.300. The van der Waals surface area contributed by atoms with Gasteiger partial charge in [-0.25, -0.2) is 13.4 Å². The molecule has 8 nitrogen and oxygen atoms in total. The number of carbonyl (C=O) groups is 1. The number of fused-ring (bicyclic) bond motifs is 1. The predicted molar refractivity (Wildman–Crippen MR) is 107 cm³/mol. The second kappa shape index (κ2) is 7.58. The van der Waals surface area contributed by atoms with Crippen molar-refractivity contribution in [1.29, 1.82) is 0 Å². The Bertz CT molecular complexity index is 1180. The van der Waals surface area contributed by atoms with E-state index < -0.39 is 15.9 Å². The lowest BCUT2D eigenvalue weighted by Gasteiger charge is -2.26. The van der Waals surface area contributed by atoms with Crippen LogP contribution in [0.5, 0.6) is 0 Å². The van der Waals surface area contributed by atoms with Crippen molar-refractivity contribution in [2.75, 3.05) is 31.6 Å². The van der Waals surface area contributed by atoms with Gasteiger partial charge in [-0.1, -0.05) is 6.07 Å². The minimum Gasteiger partial charge on any atom is -0.441 e. The van der Waals surface area contributed by atoms with Crippen LogP contribution in [-0.4, -0.2) is 49.9 Å². The SMILES string of the molecule is Cc1nc2cc(NC(=O)c3ccc(C)c(S(=O)(=O)N4CCOCC4)c3)ccc2o1. The van der Waals surface area contributed by atoms with Crippen molar-refractivity contribution >= 4 is 32.7 Å². The highest BCUT2D eigenvalue weighted by atomic mass is 32.2. The highest BCUT2D eigenvalue weighted by Gasteiger charge is 2.28. The molecule has 1 aromatic heterocycles. The number of sulfonamides is 1. The van der Waals surface area contributed by atoms with Gasteiger partial charge in [0.15, 0.2) is 11.5 Å². The molecule has 9 heteroatoms. The number of oxazole rings is 1. The fourth-order valence-electron chi connectivity index (χ4n) is 3.27. The van der Waals surface area contributed by atoms with Gasteiger partial charge in [-0.2, -0.15) is 4.31 Å². The van der Waals surface area contributed by atoms with Crippen molar-refractivity contribution < 1.29 is 22.4 Å². The third-order valence-corrected chi connectivity index (χ3v) is 6.83. The normalized spacial score (nSPS) is 15.5. The highest BCUT2D eigenvalue weighted by Crippen LogP contribution is 2.24. The summed E-state index contributed by atoms with van der Waals surface area (Å²) in [6, 6.07) is 9.84. The molecule has 1 aliphatic heterocycles. The van der Waals surface area contributed by atoms with Gasteiger partial charge in [-0.05, 0) is 42.8 Å². The maximum absolute atomic E-state index is 13.0. The average molecular weight is 415 g/mol. The van der Waals surface area contributed by atoms with Gasteiger partial charge in [0.05, 0.1) is 18.1 Å². The largest absolute Gasteiger partial charge is 0.441 e. The van der Waals surface area contributed by atoms with Crippen molar-refractivity contribution in [3.05, 3.63) is 53.4 Å². The summed E-state index contributed by atoms with van der Waals surface area (Å²) in [5, 5.41) is 2.79. The molecular weight excluding hydrogens is 394 g/mol. The molecule has 1 fully saturated rings. The maximum atomic E-state index is 13.0. The number of nitrogens with one attached hydrogen (secondary N) is 1. The zero-order valence-electron chi connectivity index (χ0n) is 16.1. The molecule has 0 radical (unpaired) electrons. The number of ether oxygens (including phenoxy) is 1. The Morgan fingerprint density at radius 2 is 1.86 bits per heavy atom. The van der Waals surface area contributed by atoms with E-state index in [4.69, 9.17) is 9.15 Å². The number of rotatable bonds is 4. The van der Waals surface area contributed by atoms with E-state index in [0.717, 1.165) is 0 Å². The van der Waals surface area contributed by atoms with Crippen LogP contribution in [-0.2, 0) is 14.8 Å². The number of hydrogen-bond acceptors (Lipinski definition) is 6. The van der Waals surface area contributed by atoms with Crippen LogP contribution in [0.25, 0.3) is 11.1 Å². The fourth-order valence-corrected chi connectivity index (χ4v) is 4.93. The van der Waals surface area contributed by atoms with Gasteiger partial charge < -0.3 is 14.5 Å². The van der Waals surface area contributed by atoms with E-state index >= 15 is 0 Å². The summed E-state index contributed by atoms with van der Waals surface area (Å²) >= 11 is 0. The summed E-state index contributed by atoms with van der Waals surface area (Å²) in [6.45, 7) is 4.80. The Hall–Kier alpha value is -2.75. The van der Waals surface area contributed by atoms with Crippen LogP contribution in [0.4, 0.5) is 5.69 Å². The number of aromatic nitrogens is 1. The topological polar surface area (TPSA) is 102 Å². The number of anilines is 1. The van der Waals surface area contributed by atoms with Crippen LogP contribution in [0.3, 0.4) is 0 Å². The quantitative estimate of drug-likeness (QED) is 0.703. The van der Waals surface area contributed by atoms with E-state index in [-0.39, 0.29) is 10.5 Å². The van der Waals surface area contributed by atoms with E-state index in [2.05, 4.69) is 10.3 Å². The summed E-state index contributed by atoms with van der Waals surface area (Å²) in [6.07, 6.45) is 0. The third kappa shape index (κ3) is 3.89. The van der Waals surface area contributed by atoms with Gasteiger partial charge >= 0.3 is 0 Å². The predicted octanol–water partition coefficient (Wildman–Crippen LogP) is 2.72. The van der Waals surface area contributed by atoms with Crippen LogP contribution in [0, 0.1) is 13.8 Å². The van der Waals surface area contributed by atoms with Gasteiger partial charge in [-0.15, -0.1) is 0 Å². The van der Waals surface area contributed by atoms with Crippen LogP contribution >= 0.6 is 0 Å².